The Hall–Kier alpha value is -1.04. The summed E-state index contributed by atoms with van der Waals surface area (Å²) in [7, 11) is 0. The molecule has 0 aliphatic rings. The van der Waals surface area contributed by atoms with Crippen LogP contribution in [-0.2, 0) is 5.75 Å². The number of thiophene rings is 1. The van der Waals surface area contributed by atoms with Crippen LogP contribution < -0.4 is 0 Å². The van der Waals surface area contributed by atoms with Crippen molar-refractivity contribution in [1.29, 1.82) is 0 Å². The van der Waals surface area contributed by atoms with Crippen LogP contribution in [0.2, 0.25) is 0 Å². The van der Waals surface area contributed by atoms with E-state index in [9.17, 15) is 0 Å². The molecule has 3 nitrogen and oxygen atoms in total. The van der Waals surface area contributed by atoms with Gasteiger partial charge in [0.25, 0.3) is 0 Å². The number of nitrogens with one attached hydrogen (secondary N) is 1. The first-order chi connectivity index (χ1) is 7.92. The number of rotatable bonds is 3. The lowest BCUT2D eigenvalue weighted by Gasteiger charge is -1.92. The molecule has 0 fully saturated rings. The van der Waals surface area contributed by atoms with E-state index in [0.717, 1.165) is 22.1 Å². The number of imidazole rings is 1. The van der Waals surface area contributed by atoms with Crippen molar-refractivity contribution < 1.29 is 0 Å². The summed E-state index contributed by atoms with van der Waals surface area (Å²) in [5.74, 6) is 0.956. The molecular formula is C11H10ClN3S2. The largest absolute Gasteiger partial charge is 0.332 e. The second kappa shape index (κ2) is 5.53. The highest BCUT2D eigenvalue weighted by atomic mass is 35.5. The first kappa shape index (κ1) is 12.4. The topological polar surface area (TPSA) is 41.6 Å². The van der Waals surface area contributed by atoms with Crippen LogP contribution in [0.5, 0.6) is 0 Å². The fourth-order valence-electron chi connectivity index (χ4n) is 1.43. The molecule has 0 aromatic carbocycles. The number of aromatic amines is 1. The van der Waals surface area contributed by atoms with Crippen molar-refractivity contribution in [1.82, 2.24) is 15.0 Å². The molecule has 0 aliphatic carbocycles. The van der Waals surface area contributed by atoms with Crippen molar-refractivity contribution in [3.63, 3.8) is 0 Å². The zero-order valence-corrected chi connectivity index (χ0v) is 11.2. The molecule has 0 spiro atoms. The van der Waals surface area contributed by atoms with E-state index in [0.29, 0.717) is 0 Å². The minimum Gasteiger partial charge on any atom is -0.332 e. The first-order valence-electron chi connectivity index (χ1n) is 4.88. The molecule has 0 saturated heterocycles. The molecule has 0 amide bonds. The van der Waals surface area contributed by atoms with E-state index >= 15 is 0 Å². The number of fused-ring (bicyclic) bond motifs is 1. The Morgan fingerprint density at radius 3 is 3.00 bits per heavy atom. The molecular weight excluding hydrogens is 274 g/mol. The number of aromatic nitrogens is 3. The van der Waals surface area contributed by atoms with Gasteiger partial charge in [-0.2, -0.15) is 0 Å². The Bertz CT molecular complexity index is 559. The number of hydrogen-bond donors (Lipinski definition) is 1. The maximum Gasteiger partial charge on any atom is 0.178 e. The van der Waals surface area contributed by atoms with Crippen molar-refractivity contribution in [2.24, 2.45) is 0 Å². The van der Waals surface area contributed by atoms with Gasteiger partial charge in [0, 0.05) is 16.8 Å². The predicted octanol–water partition coefficient (Wildman–Crippen LogP) is 3.73. The van der Waals surface area contributed by atoms with Crippen LogP contribution in [0.1, 0.15) is 4.88 Å². The third-order valence-corrected chi connectivity index (χ3v) is 4.15. The highest BCUT2D eigenvalue weighted by Crippen LogP contribution is 2.24. The van der Waals surface area contributed by atoms with Crippen molar-refractivity contribution >= 4 is 46.7 Å². The van der Waals surface area contributed by atoms with Crippen LogP contribution in [0, 0.1) is 0 Å². The summed E-state index contributed by atoms with van der Waals surface area (Å²) in [6, 6.07) is 8.11. The molecule has 1 N–H and O–H groups in total. The van der Waals surface area contributed by atoms with E-state index in [1.54, 1.807) is 29.3 Å². The summed E-state index contributed by atoms with van der Waals surface area (Å²) in [6.07, 6.45) is 1.76. The molecule has 0 atom stereocenters. The van der Waals surface area contributed by atoms with Crippen molar-refractivity contribution in [3.05, 3.63) is 40.7 Å². The minimum absolute atomic E-state index is 0. The molecule has 0 radical (unpaired) electrons. The molecule has 3 aromatic rings. The smallest absolute Gasteiger partial charge is 0.178 e. The van der Waals surface area contributed by atoms with Gasteiger partial charge in [0.1, 0.15) is 0 Å². The Labute approximate surface area is 113 Å². The highest BCUT2D eigenvalue weighted by Gasteiger charge is 2.03. The molecule has 0 saturated carbocycles. The van der Waals surface area contributed by atoms with E-state index in [-0.39, 0.29) is 12.4 Å². The average Bonchev–Trinajstić information content (AvgIpc) is 2.95. The van der Waals surface area contributed by atoms with Crippen LogP contribution in [0.25, 0.3) is 11.2 Å². The number of pyridine rings is 1. The number of H-pyrrole nitrogens is 1. The highest BCUT2D eigenvalue weighted by molar-refractivity contribution is 7.98. The molecule has 3 heterocycles. The van der Waals surface area contributed by atoms with Gasteiger partial charge in [-0.25, -0.2) is 9.97 Å². The van der Waals surface area contributed by atoms with Gasteiger partial charge in [0.2, 0.25) is 0 Å². The zero-order chi connectivity index (χ0) is 10.8. The third kappa shape index (κ3) is 2.80. The lowest BCUT2D eigenvalue weighted by molar-refractivity contribution is 1.07. The Morgan fingerprint density at radius 1 is 1.29 bits per heavy atom. The van der Waals surface area contributed by atoms with E-state index in [1.807, 2.05) is 12.1 Å². The molecule has 3 aromatic heterocycles. The summed E-state index contributed by atoms with van der Waals surface area (Å²) < 4.78 is 0. The van der Waals surface area contributed by atoms with Gasteiger partial charge in [-0.3, -0.25) is 0 Å². The fourth-order valence-corrected chi connectivity index (χ4v) is 3.07. The van der Waals surface area contributed by atoms with Crippen LogP contribution in [0.4, 0.5) is 0 Å². The van der Waals surface area contributed by atoms with E-state index < -0.39 is 0 Å². The van der Waals surface area contributed by atoms with Gasteiger partial charge in [0.15, 0.2) is 10.8 Å². The molecule has 0 unspecified atom stereocenters. The van der Waals surface area contributed by atoms with Gasteiger partial charge in [0.05, 0.1) is 5.52 Å². The maximum atomic E-state index is 4.41. The fraction of sp³-hybridized carbons (Fsp3) is 0.0909. The summed E-state index contributed by atoms with van der Waals surface area (Å²) in [6.45, 7) is 0. The quantitative estimate of drug-likeness (QED) is 0.745. The molecule has 88 valence electrons. The van der Waals surface area contributed by atoms with Crippen LogP contribution in [-0.4, -0.2) is 15.0 Å². The second-order valence-electron chi connectivity index (χ2n) is 3.28. The van der Waals surface area contributed by atoms with Gasteiger partial charge in [-0.05, 0) is 23.6 Å². The van der Waals surface area contributed by atoms with Gasteiger partial charge in [-0.1, -0.05) is 17.8 Å². The van der Waals surface area contributed by atoms with E-state index in [1.165, 1.54) is 4.88 Å². The molecule has 0 aliphatic heterocycles. The second-order valence-corrected chi connectivity index (χ2v) is 5.28. The number of halogens is 1. The number of hydrogen-bond acceptors (Lipinski definition) is 4. The van der Waals surface area contributed by atoms with Crippen LogP contribution in [0.3, 0.4) is 0 Å². The summed E-state index contributed by atoms with van der Waals surface area (Å²) in [5.41, 5.74) is 1.78. The van der Waals surface area contributed by atoms with Crippen molar-refractivity contribution in [3.8, 4) is 0 Å². The average molecular weight is 284 g/mol. The van der Waals surface area contributed by atoms with E-state index in [4.69, 9.17) is 0 Å². The lowest BCUT2D eigenvalue weighted by atomic mass is 10.4. The summed E-state index contributed by atoms with van der Waals surface area (Å²) in [4.78, 5) is 13.2. The monoisotopic (exact) mass is 283 g/mol. The lowest BCUT2D eigenvalue weighted by Crippen LogP contribution is -1.76. The van der Waals surface area contributed by atoms with Gasteiger partial charge < -0.3 is 4.98 Å². The van der Waals surface area contributed by atoms with E-state index in [2.05, 4.69) is 32.5 Å². The SMILES string of the molecule is Cl.c1csc(CSc2nc3ncccc3[nH]2)c1. The Morgan fingerprint density at radius 2 is 2.24 bits per heavy atom. The zero-order valence-electron chi connectivity index (χ0n) is 8.79. The number of nitrogens with zero attached hydrogens (tertiary/aromatic N) is 2. The van der Waals surface area contributed by atoms with Crippen molar-refractivity contribution in [2.75, 3.05) is 0 Å². The van der Waals surface area contributed by atoms with Crippen molar-refractivity contribution in [2.45, 2.75) is 10.9 Å². The minimum atomic E-state index is 0. The van der Waals surface area contributed by atoms with Crippen LogP contribution in [0.15, 0.2) is 41.0 Å². The molecule has 0 bridgehead atoms. The predicted molar refractivity (Wildman–Crippen MR) is 75.0 cm³/mol. The Kier molecular flexibility index (Phi) is 4.04. The van der Waals surface area contributed by atoms with Crippen LogP contribution >= 0.6 is 35.5 Å². The normalized spacial score (nSPS) is 10.4. The van der Waals surface area contributed by atoms with Gasteiger partial charge in [-0.15, -0.1) is 23.7 Å². The molecule has 6 heteroatoms. The Balaban J connectivity index is 0.00000108. The molecule has 3 rings (SSSR count). The molecule has 17 heavy (non-hydrogen) atoms. The van der Waals surface area contributed by atoms with Gasteiger partial charge >= 0.3 is 0 Å². The number of thioether (sulfide) groups is 1. The summed E-state index contributed by atoms with van der Waals surface area (Å²) >= 11 is 3.48. The standard InChI is InChI=1S/C11H9N3S2.ClH/c1-4-9-10(12-5-1)14-11(13-9)16-7-8-3-2-6-15-8;/h1-6H,7H2,(H,12,13,14);1H. The summed E-state index contributed by atoms with van der Waals surface area (Å²) in [5, 5.41) is 3.03. The third-order valence-electron chi connectivity index (χ3n) is 2.17. The first-order valence-corrected chi connectivity index (χ1v) is 6.74. The maximum absolute atomic E-state index is 4.41.